The molecule has 1 N–H and O–H groups in total. The number of carboxylic acid groups (broad SMARTS) is 1. The van der Waals surface area contributed by atoms with E-state index in [-0.39, 0.29) is 0 Å². The molecule has 6 heteroatoms. The van der Waals surface area contributed by atoms with Gasteiger partial charge in [-0.25, -0.2) is 4.98 Å². The zero-order valence-electron chi connectivity index (χ0n) is 12.1. The number of ether oxygens (including phenoxy) is 1. The Hall–Kier alpha value is -2.13. The van der Waals surface area contributed by atoms with Gasteiger partial charge in [-0.1, -0.05) is 0 Å². The highest BCUT2D eigenvalue weighted by Gasteiger charge is 2.42. The molecule has 0 spiro atoms. The number of nitriles is 1. The highest BCUT2D eigenvalue weighted by Crippen LogP contribution is 2.36. The summed E-state index contributed by atoms with van der Waals surface area (Å²) in [6.45, 7) is 1.48. The van der Waals surface area contributed by atoms with Gasteiger partial charge < -0.3 is 14.7 Å². The van der Waals surface area contributed by atoms with Crippen molar-refractivity contribution >= 4 is 11.8 Å². The zero-order chi connectivity index (χ0) is 15.3. The Morgan fingerprint density at radius 1 is 1.67 bits per heavy atom. The van der Waals surface area contributed by atoms with Gasteiger partial charge in [-0.15, -0.1) is 0 Å². The maximum Gasteiger partial charge on any atom is 0.311 e. The second kappa shape index (κ2) is 6.55. The number of rotatable bonds is 5. The molecule has 0 saturated carbocycles. The van der Waals surface area contributed by atoms with E-state index in [1.54, 1.807) is 25.4 Å². The standard InChI is InChI=1S/C15H19N3O3/c1-21-9-6-15(14(19)20)5-3-8-18(11-15)13-12(10-16)4-2-7-17-13/h2,4,7H,3,5-6,8-9,11H2,1H3,(H,19,20). The van der Waals surface area contributed by atoms with Crippen molar-refractivity contribution in [1.29, 1.82) is 5.26 Å². The minimum Gasteiger partial charge on any atom is -0.481 e. The molecule has 0 bridgehead atoms. The van der Waals surface area contributed by atoms with Crippen LogP contribution < -0.4 is 4.90 Å². The van der Waals surface area contributed by atoms with E-state index in [1.165, 1.54) is 0 Å². The molecular formula is C15H19N3O3. The number of aromatic nitrogens is 1. The molecule has 21 heavy (non-hydrogen) atoms. The Labute approximate surface area is 124 Å². The van der Waals surface area contributed by atoms with Crippen molar-refractivity contribution < 1.29 is 14.6 Å². The molecule has 1 saturated heterocycles. The van der Waals surface area contributed by atoms with E-state index in [4.69, 9.17) is 4.74 Å². The van der Waals surface area contributed by atoms with Crippen LogP contribution >= 0.6 is 0 Å². The second-order valence-electron chi connectivity index (χ2n) is 5.34. The summed E-state index contributed by atoms with van der Waals surface area (Å²) in [4.78, 5) is 17.9. The van der Waals surface area contributed by atoms with E-state index in [1.807, 2.05) is 4.90 Å². The monoisotopic (exact) mass is 289 g/mol. The van der Waals surface area contributed by atoms with Gasteiger partial charge in [0.1, 0.15) is 11.9 Å². The van der Waals surface area contributed by atoms with E-state index in [0.717, 1.165) is 6.42 Å². The number of nitrogens with zero attached hydrogens (tertiary/aromatic N) is 3. The van der Waals surface area contributed by atoms with Gasteiger partial charge in [-0.2, -0.15) is 5.26 Å². The maximum atomic E-state index is 11.7. The number of pyridine rings is 1. The van der Waals surface area contributed by atoms with Gasteiger partial charge in [0.05, 0.1) is 11.0 Å². The smallest absolute Gasteiger partial charge is 0.311 e. The lowest BCUT2D eigenvalue weighted by Gasteiger charge is -2.40. The molecule has 1 unspecified atom stereocenters. The Kier molecular flexibility index (Phi) is 4.76. The summed E-state index contributed by atoms with van der Waals surface area (Å²) in [5.41, 5.74) is -0.358. The van der Waals surface area contributed by atoms with E-state index in [2.05, 4.69) is 11.1 Å². The lowest BCUT2D eigenvalue weighted by Crippen LogP contribution is -2.49. The molecular weight excluding hydrogens is 270 g/mol. The summed E-state index contributed by atoms with van der Waals surface area (Å²) in [5, 5.41) is 18.8. The number of piperidine rings is 1. The number of aliphatic carboxylic acids is 1. The molecule has 112 valence electrons. The van der Waals surface area contributed by atoms with Crippen LogP contribution in [0.2, 0.25) is 0 Å². The quantitative estimate of drug-likeness (QED) is 0.887. The molecule has 1 aromatic rings. The predicted octanol–water partition coefficient (Wildman–Crippen LogP) is 1.66. The Morgan fingerprint density at radius 2 is 2.48 bits per heavy atom. The van der Waals surface area contributed by atoms with Crippen molar-refractivity contribution in [3.63, 3.8) is 0 Å². The third-order valence-electron chi connectivity index (χ3n) is 4.02. The lowest BCUT2D eigenvalue weighted by atomic mass is 9.77. The molecule has 0 amide bonds. The average Bonchev–Trinajstić information content (AvgIpc) is 2.53. The van der Waals surface area contributed by atoms with Crippen LogP contribution in [-0.2, 0) is 9.53 Å². The number of anilines is 1. The molecule has 1 fully saturated rings. The van der Waals surface area contributed by atoms with Crippen LogP contribution in [0.4, 0.5) is 5.82 Å². The third kappa shape index (κ3) is 3.14. The molecule has 6 nitrogen and oxygen atoms in total. The van der Waals surface area contributed by atoms with Gasteiger partial charge in [-0.3, -0.25) is 4.79 Å². The van der Waals surface area contributed by atoms with Gasteiger partial charge >= 0.3 is 5.97 Å². The number of carboxylic acids is 1. The second-order valence-corrected chi connectivity index (χ2v) is 5.34. The van der Waals surface area contributed by atoms with Crippen molar-refractivity contribution in [3.05, 3.63) is 23.9 Å². The molecule has 1 aromatic heterocycles. The van der Waals surface area contributed by atoms with Crippen molar-refractivity contribution in [3.8, 4) is 6.07 Å². The van der Waals surface area contributed by atoms with E-state index < -0.39 is 11.4 Å². The van der Waals surface area contributed by atoms with Crippen LogP contribution in [0.3, 0.4) is 0 Å². The fourth-order valence-corrected chi connectivity index (χ4v) is 2.83. The van der Waals surface area contributed by atoms with Crippen LogP contribution in [0, 0.1) is 16.7 Å². The first-order chi connectivity index (χ1) is 10.1. The molecule has 2 heterocycles. The van der Waals surface area contributed by atoms with E-state index in [0.29, 0.717) is 43.9 Å². The van der Waals surface area contributed by atoms with Crippen molar-refractivity contribution in [2.24, 2.45) is 5.41 Å². The SMILES string of the molecule is COCCC1(C(=O)O)CCCN(c2ncccc2C#N)C1. The molecule has 1 aliphatic heterocycles. The van der Waals surface area contributed by atoms with Gasteiger partial charge in [0.15, 0.2) is 0 Å². The molecule has 0 aliphatic carbocycles. The van der Waals surface area contributed by atoms with Crippen molar-refractivity contribution in [1.82, 2.24) is 4.98 Å². The van der Waals surface area contributed by atoms with Crippen LogP contribution in [0.25, 0.3) is 0 Å². The van der Waals surface area contributed by atoms with Gasteiger partial charge in [-0.05, 0) is 31.4 Å². The first kappa shape index (κ1) is 15.3. The normalized spacial score (nSPS) is 21.8. The highest BCUT2D eigenvalue weighted by atomic mass is 16.5. The Balaban J connectivity index is 2.27. The van der Waals surface area contributed by atoms with Crippen LogP contribution in [0.5, 0.6) is 0 Å². The number of hydrogen-bond donors (Lipinski definition) is 1. The topological polar surface area (TPSA) is 86.5 Å². The molecule has 0 aromatic carbocycles. The van der Waals surface area contributed by atoms with Crippen molar-refractivity contribution in [2.45, 2.75) is 19.3 Å². The minimum absolute atomic E-state index is 0.359. The zero-order valence-corrected chi connectivity index (χ0v) is 12.1. The predicted molar refractivity (Wildman–Crippen MR) is 77.0 cm³/mol. The summed E-state index contributed by atoms with van der Waals surface area (Å²) in [6.07, 6.45) is 3.47. The fourth-order valence-electron chi connectivity index (χ4n) is 2.83. The van der Waals surface area contributed by atoms with Gasteiger partial charge in [0.25, 0.3) is 0 Å². The van der Waals surface area contributed by atoms with Gasteiger partial charge in [0, 0.05) is 33.0 Å². The molecule has 1 aliphatic rings. The van der Waals surface area contributed by atoms with E-state index >= 15 is 0 Å². The first-order valence-corrected chi connectivity index (χ1v) is 6.95. The summed E-state index contributed by atoms with van der Waals surface area (Å²) in [5.74, 6) is -0.235. The van der Waals surface area contributed by atoms with Crippen LogP contribution in [0.1, 0.15) is 24.8 Å². The number of hydrogen-bond acceptors (Lipinski definition) is 5. The highest BCUT2D eigenvalue weighted by molar-refractivity contribution is 5.76. The number of methoxy groups -OCH3 is 1. The Bertz CT molecular complexity index is 555. The Morgan fingerprint density at radius 3 is 3.14 bits per heavy atom. The van der Waals surface area contributed by atoms with E-state index in [9.17, 15) is 15.2 Å². The third-order valence-corrected chi connectivity index (χ3v) is 4.02. The fraction of sp³-hybridized carbons (Fsp3) is 0.533. The summed E-state index contributed by atoms with van der Waals surface area (Å²) in [6, 6.07) is 5.53. The maximum absolute atomic E-state index is 11.7. The molecule has 2 rings (SSSR count). The van der Waals surface area contributed by atoms with Crippen molar-refractivity contribution in [2.75, 3.05) is 31.7 Å². The van der Waals surface area contributed by atoms with Crippen LogP contribution in [-0.4, -0.2) is 42.9 Å². The average molecular weight is 289 g/mol. The lowest BCUT2D eigenvalue weighted by molar-refractivity contribution is -0.150. The summed E-state index contributed by atoms with van der Waals surface area (Å²) in [7, 11) is 1.57. The number of carbonyl (C=O) groups is 1. The first-order valence-electron chi connectivity index (χ1n) is 6.95. The van der Waals surface area contributed by atoms with Gasteiger partial charge in [0.2, 0.25) is 0 Å². The molecule has 0 radical (unpaired) electrons. The minimum atomic E-state index is -0.835. The van der Waals surface area contributed by atoms with Crippen LogP contribution in [0.15, 0.2) is 18.3 Å². The summed E-state index contributed by atoms with van der Waals surface area (Å²) >= 11 is 0. The molecule has 1 atom stereocenters. The largest absolute Gasteiger partial charge is 0.481 e. The summed E-state index contributed by atoms with van der Waals surface area (Å²) < 4.78 is 5.06.